The van der Waals surface area contributed by atoms with Crippen LogP contribution in [0.5, 0.6) is 0 Å². The molecule has 0 fully saturated rings. The summed E-state index contributed by atoms with van der Waals surface area (Å²) in [6.07, 6.45) is 0. The Labute approximate surface area is 122 Å². The number of nitrogens with zero attached hydrogens (tertiary/aromatic N) is 2. The number of aromatic nitrogens is 2. The minimum absolute atomic E-state index is 0.980. The van der Waals surface area contributed by atoms with Crippen LogP contribution in [0.1, 0.15) is 0 Å². The van der Waals surface area contributed by atoms with Crippen LogP contribution in [0.25, 0.3) is 31.5 Å². The van der Waals surface area contributed by atoms with Crippen LogP contribution < -0.4 is 0 Å². The Morgan fingerprint density at radius 2 is 1.37 bits per heavy atom. The van der Waals surface area contributed by atoms with Crippen LogP contribution in [0.4, 0.5) is 0 Å². The summed E-state index contributed by atoms with van der Waals surface area (Å²) >= 11 is 5.05. The fourth-order valence-electron chi connectivity index (χ4n) is 1.96. The Balaban J connectivity index is 2.06. The standard InChI is InChI=1S/C14H8N2S3/c1-3-10(17-6-1)12-13(11-4-2-7-18-11)16-14-9(15-12)5-8-19-14/h1-8H. The summed E-state index contributed by atoms with van der Waals surface area (Å²) in [5.41, 5.74) is 2.96. The molecule has 4 rings (SSSR count). The van der Waals surface area contributed by atoms with Gasteiger partial charge in [0.15, 0.2) is 0 Å². The fraction of sp³-hybridized carbons (Fsp3) is 0. The van der Waals surface area contributed by atoms with Crippen molar-refractivity contribution in [2.45, 2.75) is 0 Å². The summed E-state index contributed by atoms with van der Waals surface area (Å²) < 4.78 is 0. The molecule has 0 aromatic carbocycles. The SMILES string of the molecule is c1csc(-c2nc3ccsc3nc2-c2cccs2)c1. The first-order valence-electron chi connectivity index (χ1n) is 5.75. The van der Waals surface area contributed by atoms with E-state index in [1.807, 2.05) is 11.4 Å². The third-order valence-electron chi connectivity index (χ3n) is 2.80. The largest absolute Gasteiger partial charge is 0.242 e. The highest BCUT2D eigenvalue weighted by atomic mass is 32.1. The molecule has 0 amide bonds. The summed E-state index contributed by atoms with van der Waals surface area (Å²) in [6, 6.07) is 10.3. The van der Waals surface area contributed by atoms with Crippen molar-refractivity contribution in [2.75, 3.05) is 0 Å². The molecule has 5 heteroatoms. The lowest BCUT2D eigenvalue weighted by Gasteiger charge is -2.04. The quantitative estimate of drug-likeness (QED) is 0.512. The van der Waals surface area contributed by atoms with Gasteiger partial charge in [-0.3, -0.25) is 0 Å². The predicted molar refractivity (Wildman–Crippen MR) is 84.0 cm³/mol. The van der Waals surface area contributed by atoms with Gasteiger partial charge in [-0.25, -0.2) is 9.97 Å². The van der Waals surface area contributed by atoms with Crippen molar-refractivity contribution in [3.63, 3.8) is 0 Å². The number of fused-ring (bicyclic) bond motifs is 1. The van der Waals surface area contributed by atoms with E-state index in [-0.39, 0.29) is 0 Å². The van der Waals surface area contributed by atoms with Crippen molar-refractivity contribution in [2.24, 2.45) is 0 Å². The van der Waals surface area contributed by atoms with Gasteiger partial charge in [0.1, 0.15) is 21.7 Å². The molecule has 92 valence electrons. The number of thiophene rings is 3. The molecule has 4 heterocycles. The molecule has 19 heavy (non-hydrogen) atoms. The molecule has 0 bridgehead atoms. The van der Waals surface area contributed by atoms with Gasteiger partial charge in [-0.15, -0.1) is 34.0 Å². The highest BCUT2D eigenvalue weighted by Crippen LogP contribution is 2.36. The lowest BCUT2D eigenvalue weighted by molar-refractivity contribution is 1.33. The molecule has 0 saturated heterocycles. The molecule has 0 aliphatic carbocycles. The van der Waals surface area contributed by atoms with Gasteiger partial charge in [-0.1, -0.05) is 12.1 Å². The summed E-state index contributed by atoms with van der Waals surface area (Å²) in [5.74, 6) is 0. The highest BCUT2D eigenvalue weighted by Gasteiger charge is 2.14. The number of hydrogen-bond acceptors (Lipinski definition) is 5. The minimum atomic E-state index is 0.980. The second-order valence-electron chi connectivity index (χ2n) is 3.99. The topological polar surface area (TPSA) is 25.8 Å². The van der Waals surface area contributed by atoms with Gasteiger partial charge in [0.2, 0.25) is 0 Å². The van der Waals surface area contributed by atoms with E-state index in [2.05, 4.69) is 35.0 Å². The third-order valence-corrected chi connectivity index (χ3v) is 5.35. The number of hydrogen-bond donors (Lipinski definition) is 0. The normalized spacial score (nSPS) is 11.2. The molecule has 2 nitrogen and oxygen atoms in total. The number of rotatable bonds is 2. The van der Waals surface area contributed by atoms with Gasteiger partial charge in [0.05, 0.1) is 9.75 Å². The average Bonchev–Trinajstić information content (AvgIpc) is 3.18. The van der Waals surface area contributed by atoms with E-state index >= 15 is 0 Å². The van der Waals surface area contributed by atoms with Crippen LogP contribution in [0.3, 0.4) is 0 Å². The van der Waals surface area contributed by atoms with E-state index in [9.17, 15) is 0 Å². The second kappa shape index (κ2) is 4.52. The maximum absolute atomic E-state index is 4.81. The van der Waals surface area contributed by atoms with Gasteiger partial charge in [0, 0.05) is 0 Å². The van der Waals surface area contributed by atoms with Crippen molar-refractivity contribution >= 4 is 44.4 Å². The zero-order valence-corrected chi connectivity index (χ0v) is 12.2. The molecular formula is C14H8N2S3. The smallest absolute Gasteiger partial charge is 0.142 e. The first-order valence-corrected chi connectivity index (χ1v) is 8.39. The zero-order chi connectivity index (χ0) is 12.7. The second-order valence-corrected chi connectivity index (χ2v) is 6.78. The Hall–Kier alpha value is -1.56. The molecule has 0 spiro atoms. The van der Waals surface area contributed by atoms with Gasteiger partial charge in [-0.2, -0.15) is 0 Å². The van der Waals surface area contributed by atoms with E-state index < -0.39 is 0 Å². The molecule has 0 atom stereocenters. The maximum atomic E-state index is 4.81. The van der Waals surface area contributed by atoms with Gasteiger partial charge in [-0.05, 0) is 34.3 Å². The summed E-state index contributed by atoms with van der Waals surface area (Å²) in [5, 5.41) is 6.20. The van der Waals surface area contributed by atoms with Crippen LogP contribution in [0.15, 0.2) is 46.5 Å². The lowest BCUT2D eigenvalue weighted by Crippen LogP contribution is -1.90. The van der Waals surface area contributed by atoms with Crippen LogP contribution >= 0.6 is 34.0 Å². The molecule has 0 saturated carbocycles. The monoisotopic (exact) mass is 300 g/mol. The van der Waals surface area contributed by atoms with E-state index in [0.29, 0.717) is 0 Å². The Morgan fingerprint density at radius 3 is 2.00 bits per heavy atom. The summed E-state index contributed by atoms with van der Waals surface area (Å²) in [4.78, 5) is 13.0. The zero-order valence-electron chi connectivity index (χ0n) is 9.74. The van der Waals surface area contributed by atoms with E-state index in [1.165, 1.54) is 9.75 Å². The van der Waals surface area contributed by atoms with Crippen molar-refractivity contribution < 1.29 is 0 Å². The third kappa shape index (κ3) is 1.90. The Kier molecular flexibility index (Phi) is 2.69. The van der Waals surface area contributed by atoms with Crippen molar-refractivity contribution in [3.05, 3.63) is 46.5 Å². The molecule has 0 radical (unpaired) electrons. The highest BCUT2D eigenvalue weighted by molar-refractivity contribution is 7.17. The molecular weight excluding hydrogens is 292 g/mol. The molecule has 0 unspecified atom stereocenters. The molecule has 0 N–H and O–H groups in total. The summed E-state index contributed by atoms with van der Waals surface area (Å²) in [7, 11) is 0. The van der Waals surface area contributed by atoms with Gasteiger partial charge >= 0.3 is 0 Å². The van der Waals surface area contributed by atoms with Gasteiger partial charge < -0.3 is 0 Å². The van der Waals surface area contributed by atoms with Crippen LogP contribution in [-0.4, -0.2) is 9.97 Å². The van der Waals surface area contributed by atoms with Gasteiger partial charge in [0.25, 0.3) is 0 Å². The molecule has 0 aliphatic heterocycles. The van der Waals surface area contributed by atoms with E-state index in [1.54, 1.807) is 34.0 Å². The summed E-state index contributed by atoms with van der Waals surface area (Å²) in [6.45, 7) is 0. The van der Waals surface area contributed by atoms with E-state index in [0.717, 1.165) is 21.7 Å². The first kappa shape index (κ1) is 11.3. The van der Waals surface area contributed by atoms with Crippen LogP contribution in [-0.2, 0) is 0 Å². The van der Waals surface area contributed by atoms with Crippen molar-refractivity contribution in [1.82, 2.24) is 9.97 Å². The maximum Gasteiger partial charge on any atom is 0.142 e. The first-order chi connectivity index (χ1) is 9.42. The Bertz CT molecular complexity index is 746. The molecule has 0 aliphatic rings. The van der Waals surface area contributed by atoms with Crippen molar-refractivity contribution in [1.29, 1.82) is 0 Å². The van der Waals surface area contributed by atoms with Crippen LogP contribution in [0, 0.1) is 0 Å². The molecule has 4 aromatic rings. The fourth-order valence-corrected chi connectivity index (χ4v) is 4.10. The molecule has 4 aromatic heterocycles. The van der Waals surface area contributed by atoms with E-state index in [4.69, 9.17) is 9.97 Å². The predicted octanol–water partition coefficient (Wildman–Crippen LogP) is 5.15. The van der Waals surface area contributed by atoms with Crippen LogP contribution in [0.2, 0.25) is 0 Å². The minimum Gasteiger partial charge on any atom is -0.242 e. The van der Waals surface area contributed by atoms with Crippen molar-refractivity contribution in [3.8, 4) is 21.1 Å². The average molecular weight is 300 g/mol. The Morgan fingerprint density at radius 1 is 0.684 bits per heavy atom. The lowest BCUT2D eigenvalue weighted by atomic mass is 10.2.